The van der Waals surface area contributed by atoms with E-state index in [4.69, 9.17) is 0 Å². The maximum absolute atomic E-state index is 13.0. The first-order valence-electron chi connectivity index (χ1n) is 13.7. The molecule has 5 atom stereocenters. The van der Waals surface area contributed by atoms with Gasteiger partial charge in [0.1, 0.15) is 5.65 Å². The lowest BCUT2D eigenvalue weighted by Gasteiger charge is -2.27. The van der Waals surface area contributed by atoms with E-state index in [0.717, 1.165) is 54.8 Å². The van der Waals surface area contributed by atoms with Crippen molar-refractivity contribution in [2.24, 2.45) is 11.3 Å². The van der Waals surface area contributed by atoms with Crippen LogP contribution < -0.4 is 10.6 Å². The number of aromatic nitrogens is 2. The van der Waals surface area contributed by atoms with Gasteiger partial charge in [-0.1, -0.05) is 18.2 Å². The maximum atomic E-state index is 13.0. The number of nitrogens with one attached hydrogen (secondary N) is 2. The molecule has 4 heterocycles. The quantitative estimate of drug-likeness (QED) is 0.565. The van der Waals surface area contributed by atoms with Crippen LogP contribution in [0.1, 0.15) is 72.5 Å². The highest BCUT2D eigenvalue weighted by molar-refractivity contribution is 5.97. The predicted octanol–water partition coefficient (Wildman–Crippen LogP) is 4.81. The zero-order valence-electron chi connectivity index (χ0n) is 20.7. The summed E-state index contributed by atoms with van der Waals surface area (Å²) >= 11 is 0. The Morgan fingerprint density at radius 2 is 2.06 bits per heavy atom. The highest BCUT2D eigenvalue weighted by Gasteiger charge is 2.57. The standard InChI is InChI=1S/C30H36N4O/c1-2-34-10-9-22-12-23(18-31-28(22)34)29(35)33-25-6-5-20-11-19(3-4-21(20)13-25)15-30-16-24(30)14-26-7-8-27(17-30)32-26/h3-4,9-12,18,24-27,32H,2,5-8,13-17H2,1H3,(H,33,35)/t24?,25-,26?,27?,30?/m1/s1. The largest absolute Gasteiger partial charge is 0.349 e. The van der Waals surface area contributed by atoms with Crippen molar-refractivity contribution in [1.82, 2.24) is 20.2 Å². The number of fused-ring (bicyclic) bond motifs is 5. The van der Waals surface area contributed by atoms with Crippen LogP contribution in [-0.4, -0.2) is 33.6 Å². The van der Waals surface area contributed by atoms with Crippen LogP contribution in [0.3, 0.4) is 0 Å². The van der Waals surface area contributed by atoms with Gasteiger partial charge in [-0.15, -0.1) is 0 Å². The van der Waals surface area contributed by atoms with E-state index in [1.165, 1.54) is 55.2 Å². The first-order chi connectivity index (χ1) is 17.1. The summed E-state index contributed by atoms with van der Waals surface area (Å²) in [4.78, 5) is 17.5. The second-order valence-electron chi connectivity index (χ2n) is 11.8. The third-order valence-corrected chi connectivity index (χ3v) is 9.51. The van der Waals surface area contributed by atoms with Crippen LogP contribution in [0.15, 0.2) is 42.7 Å². The maximum Gasteiger partial charge on any atom is 0.253 e. The zero-order chi connectivity index (χ0) is 23.6. The van der Waals surface area contributed by atoms with E-state index in [0.29, 0.717) is 11.0 Å². The van der Waals surface area contributed by atoms with Gasteiger partial charge in [0.2, 0.25) is 0 Å². The molecule has 182 valence electrons. The molecule has 1 saturated carbocycles. The molecule has 4 unspecified atom stereocenters. The average molecular weight is 469 g/mol. The summed E-state index contributed by atoms with van der Waals surface area (Å²) in [6, 6.07) is 13.0. The van der Waals surface area contributed by atoms with Crippen molar-refractivity contribution in [3.05, 3.63) is 65.0 Å². The molecule has 5 heteroatoms. The predicted molar refractivity (Wildman–Crippen MR) is 139 cm³/mol. The monoisotopic (exact) mass is 468 g/mol. The van der Waals surface area contributed by atoms with Gasteiger partial charge < -0.3 is 15.2 Å². The number of nitrogens with zero attached hydrogens (tertiary/aromatic N) is 2. The van der Waals surface area contributed by atoms with Crippen LogP contribution in [0.5, 0.6) is 0 Å². The van der Waals surface area contributed by atoms with Gasteiger partial charge in [-0.3, -0.25) is 4.79 Å². The number of hydrogen-bond donors (Lipinski definition) is 2. The van der Waals surface area contributed by atoms with Gasteiger partial charge in [-0.05, 0) is 105 Å². The van der Waals surface area contributed by atoms with Crippen LogP contribution in [0.25, 0.3) is 11.0 Å². The molecule has 1 amide bonds. The molecular formula is C30H36N4O. The van der Waals surface area contributed by atoms with Gasteiger partial charge in [0.25, 0.3) is 5.91 Å². The minimum atomic E-state index is -0.0103. The molecule has 5 nitrogen and oxygen atoms in total. The summed E-state index contributed by atoms with van der Waals surface area (Å²) in [6.07, 6.45) is 15.0. The molecule has 0 spiro atoms. The van der Waals surface area contributed by atoms with Crippen LogP contribution in [0, 0.1) is 11.3 Å². The molecule has 2 aliphatic carbocycles. The smallest absolute Gasteiger partial charge is 0.253 e. The SMILES string of the molecule is CCn1ccc2cc(C(=O)N[C@@H]3CCc4cc(CC56CC7CCC(CC5C6)N7)ccc4C3)cnc21. The first kappa shape index (κ1) is 21.6. The Morgan fingerprint density at radius 1 is 1.14 bits per heavy atom. The van der Waals surface area contributed by atoms with Gasteiger partial charge >= 0.3 is 0 Å². The van der Waals surface area contributed by atoms with Crippen molar-refractivity contribution in [3.8, 4) is 0 Å². The van der Waals surface area contributed by atoms with Crippen LogP contribution >= 0.6 is 0 Å². The lowest BCUT2D eigenvalue weighted by molar-refractivity contribution is 0.0933. The van der Waals surface area contributed by atoms with E-state index in [9.17, 15) is 4.79 Å². The number of rotatable bonds is 5. The highest BCUT2D eigenvalue weighted by atomic mass is 16.1. The van der Waals surface area contributed by atoms with E-state index >= 15 is 0 Å². The third-order valence-electron chi connectivity index (χ3n) is 9.51. The molecule has 2 aromatic heterocycles. The molecule has 0 radical (unpaired) electrons. The fraction of sp³-hybridized carbons (Fsp3) is 0.533. The lowest BCUT2D eigenvalue weighted by Crippen LogP contribution is -2.38. The summed E-state index contributed by atoms with van der Waals surface area (Å²) in [7, 11) is 0. The lowest BCUT2D eigenvalue weighted by atomic mass is 9.82. The first-order valence-corrected chi connectivity index (χ1v) is 13.7. The van der Waals surface area contributed by atoms with Crippen LogP contribution in [0.2, 0.25) is 0 Å². The number of pyridine rings is 1. The summed E-state index contributed by atoms with van der Waals surface area (Å²) in [5.74, 6) is 0.930. The molecule has 1 aromatic carbocycles. The molecule has 2 N–H and O–H groups in total. The van der Waals surface area contributed by atoms with Crippen molar-refractivity contribution in [3.63, 3.8) is 0 Å². The molecule has 2 aliphatic heterocycles. The number of amides is 1. The van der Waals surface area contributed by atoms with E-state index in [1.54, 1.807) is 6.20 Å². The second kappa shape index (κ2) is 8.19. The van der Waals surface area contributed by atoms with Crippen molar-refractivity contribution in [2.75, 3.05) is 0 Å². The number of carbonyl (C=O) groups is 1. The summed E-state index contributed by atoms with van der Waals surface area (Å²) in [5, 5.41) is 8.19. The van der Waals surface area contributed by atoms with E-state index in [2.05, 4.69) is 45.3 Å². The topological polar surface area (TPSA) is 59.0 Å². The van der Waals surface area contributed by atoms with Crippen molar-refractivity contribution in [2.45, 2.75) is 89.4 Å². The highest BCUT2D eigenvalue weighted by Crippen LogP contribution is 2.62. The Kier molecular flexibility index (Phi) is 5.06. The minimum Gasteiger partial charge on any atom is -0.349 e. The molecule has 3 fully saturated rings. The van der Waals surface area contributed by atoms with Crippen molar-refractivity contribution < 1.29 is 4.79 Å². The van der Waals surface area contributed by atoms with Gasteiger partial charge in [-0.2, -0.15) is 0 Å². The number of carbonyl (C=O) groups excluding carboxylic acids is 1. The molecule has 2 saturated heterocycles. The zero-order valence-corrected chi connectivity index (χ0v) is 20.7. The van der Waals surface area contributed by atoms with Crippen molar-refractivity contribution >= 4 is 16.9 Å². The van der Waals surface area contributed by atoms with Gasteiger partial charge in [0.05, 0.1) is 5.56 Å². The van der Waals surface area contributed by atoms with E-state index in [1.807, 2.05) is 18.3 Å². The Balaban J connectivity index is 1.01. The molecule has 3 aromatic rings. The van der Waals surface area contributed by atoms with Crippen molar-refractivity contribution in [1.29, 1.82) is 0 Å². The second-order valence-corrected chi connectivity index (χ2v) is 11.8. The fourth-order valence-corrected chi connectivity index (χ4v) is 7.56. The molecule has 4 aliphatic rings. The van der Waals surface area contributed by atoms with Gasteiger partial charge in [-0.25, -0.2) is 4.98 Å². The molecule has 35 heavy (non-hydrogen) atoms. The average Bonchev–Trinajstić information content (AvgIpc) is 3.17. The number of benzene rings is 1. The van der Waals surface area contributed by atoms with Gasteiger partial charge in [0.15, 0.2) is 0 Å². The minimum absolute atomic E-state index is 0.0103. The Morgan fingerprint density at radius 3 is 2.97 bits per heavy atom. The molecular weight excluding hydrogens is 432 g/mol. The van der Waals surface area contributed by atoms with Crippen LogP contribution in [-0.2, 0) is 25.8 Å². The van der Waals surface area contributed by atoms with Crippen LogP contribution in [0.4, 0.5) is 0 Å². The Hall–Kier alpha value is -2.66. The number of aryl methyl sites for hydroxylation is 2. The summed E-state index contributed by atoms with van der Waals surface area (Å²) in [5.41, 5.74) is 6.60. The number of hydrogen-bond acceptors (Lipinski definition) is 3. The summed E-state index contributed by atoms with van der Waals surface area (Å²) < 4.78 is 2.10. The van der Waals surface area contributed by atoms with E-state index < -0.39 is 0 Å². The van der Waals surface area contributed by atoms with E-state index in [-0.39, 0.29) is 11.9 Å². The Labute approximate surface area is 207 Å². The fourth-order valence-electron chi connectivity index (χ4n) is 7.56. The molecule has 2 bridgehead atoms. The normalized spacial score (nSPS) is 31.0. The molecule has 7 rings (SSSR count). The third kappa shape index (κ3) is 3.88. The Bertz CT molecular complexity index is 1290. The van der Waals surface area contributed by atoms with Gasteiger partial charge in [0, 0.05) is 42.5 Å². The summed E-state index contributed by atoms with van der Waals surface area (Å²) in [6.45, 7) is 2.98.